The second-order valence-corrected chi connectivity index (χ2v) is 8.28. The first kappa shape index (κ1) is 25.0. The van der Waals surface area contributed by atoms with Gasteiger partial charge in [0.25, 0.3) is 0 Å². The number of piperazine rings is 1. The van der Waals surface area contributed by atoms with Gasteiger partial charge in [-0.3, -0.25) is 9.69 Å². The van der Waals surface area contributed by atoms with E-state index in [1.54, 1.807) is 0 Å². The van der Waals surface area contributed by atoms with E-state index in [9.17, 15) is 4.79 Å². The molecule has 3 fully saturated rings. The molecule has 0 spiro atoms. The Morgan fingerprint density at radius 1 is 1.11 bits per heavy atom. The van der Waals surface area contributed by atoms with E-state index in [0.717, 1.165) is 58.7 Å². The van der Waals surface area contributed by atoms with Gasteiger partial charge in [0.2, 0.25) is 5.91 Å². The highest BCUT2D eigenvalue weighted by molar-refractivity contribution is 5.85. The molecular formula is C20H39Cl2N3O2. The lowest BCUT2D eigenvalue weighted by atomic mass is 9.65. The molecule has 1 amide bonds. The molecule has 3 unspecified atom stereocenters. The van der Waals surface area contributed by atoms with Gasteiger partial charge < -0.3 is 15.4 Å². The number of rotatable bonds is 6. The monoisotopic (exact) mass is 423 g/mol. The van der Waals surface area contributed by atoms with Crippen molar-refractivity contribution in [2.45, 2.75) is 64.5 Å². The highest BCUT2D eigenvalue weighted by Gasteiger charge is 2.42. The summed E-state index contributed by atoms with van der Waals surface area (Å²) in [5.74, 6) is 1.79. The maximum Gasteiger partial charge on any atom is 0.225 e. The first-order chi connectivity index (χ1) is 12.1. The minimum atomic E-state index is 0. The SMILES string of the molecule is CCOCCN1CCN(C(=O)C2CC3CCCC(C2)C3N)CC1CC.Cl.Cl. The highest BCUT2D eigenvalue weighted by Crippen LogP contribution is 2.42. The molecule has 3 aliphatic rings. The van der Waals surface area contributed by atoms with Gasteiger partial charge in [0.1, 0.15) is 0 Å². The van der Waals surface area contributed by atoms with Gasteiger partial charge in [-0.1, -0.05) is 13.3 Å². The summed E-state index contributed by atoms with van der Waals surface area (Å²) in [6.07, 6.45) is 6.90. The van der Waals surface area contributed by atoms with Crippen LogP contribution in [0.15, 0.2) is 0 Å². The summed E-state index contributed by atoms with van der Waals surface area (Å²) in [6.45, 7) is 9.58. The third-order valence-corrected chi connectivity index (χ3v) is 6.88. The molecule has 2 N–H and O–H groups in total. The van der Waals surface area contributed by atoms with Gasteiger partial charge in [-0.2, -0.15) is 0 Å². The van der Waals surface area contributed by atoms with Crippen molar-refractivity contribution in [3.63, 3.8) is 0 Å². The molecule has 27 heavy (non-hydrogen) atoms. The normalized spacial score (nSPS) is 33.7. The average Bonchev–Trinajstić information content (AvgIpc) is 2.61. The maximum atomic E-state index is 13.2. The van der Waals surface area contributed by atoms with E-state index in [-0.39, 0.29) is 30.7 Å². The van der Waals surface area contributed by atoms with Crippen molar-refractivity contribution in [1.29, 1.82) is 0 Å². The van der Waals surface area contributed by atoms with Crippen molar-refractivity contribution in [3.8, 4) is 0 Å². The molecule has 2 bridgehead atoms. The molecule has 2 saturated carbocycles. The molecule has 3 rings (SSSR count). The van der Waals surface area contributed by atoms with Crippen molar-refractivity contribution in [1.82, 2.24) is 9.80 Å². The topological polar surface area (TPSA) is 58.8 Å². The Morgan fingerprint density at radius 3 is 2.37 bits per heavy atom. The summed E-state index contributed by atoms with van der Waals surface area (Å²) in [7, 11) is 0. The van der Waals surface area contributed by atoms with Crippen LogP contribution in [-0.2, 0) is 9.53 Å². The van der Waals surface area contributed by atoms with Crippen LogP contribution in [0.1, 0.15) is 52.4 Å². The number of fused-ring (bicyclic) bond motifs is 2. The van der Waals surface area contributed by atoms with Crippen LogP contribution in [-0.4, -0.2) is 67.2 Å². The summed E-state index contributed by atoms with van der Waals surface area (Å²) in [5, 5.41) is 0. The average molecular weight is 424 g/mol. The van der Waals surface area contributed by atoms with Crippen LogP contribution in [0, 0.1) is 17.8 Å². The fourth-order valence-electron chi connectivity index (χ4n) is 5.35. The van der Waals surface area contributed by atoms with E-state index in [4.69, 9.17) is 10.5 Å². The maximum absolute atomic E-state index is 13.2. The van der Waals surface area contributed by atoms with Crippen LogP contribution < -0.4 is 5.73 Å². The van der Waals surface area contributed by atoms with Gasteiger partial charge in [-0.15, -0.1) is 24.8 Å². The third kappa shape index (κ3) is 5.96. The zero-order chi connectivity index (χ0) is 17.8. The van der Waals surface area contributed by atoms with E-state index in [1.165, 1.54) is 19.3 Å². The number of carbonyl (C=O) groups excluding carboxylic acids is 1. The molecule has 160 valence electrons. The van der Waals surface area contributed by atoms with Crippen LogP contribution in [0.2, 0.25) is 0 Å². The van der Waals surface area contributed by atoms with Crippen molar-refractivity contribution in [2.24, 2.45) is 23.5 Å². The molecule has 0 aromatic carbocycles. The van der Waals surface area contributed by atoms with Gasteiger partial charge in [-0.05, 0) is 50.9 Å². The molecule has 0 radical (unpaired) electrons. The molecule has 2 aliphatic carbocycles. The third-order valence-electron chi connectivity index (χ3n) is 6.88. The van der Waals surface area contributed by atoms with E-state index in [1.807, 2.05) is 6.92 Å². The standard InChI is InChI=1S/C20H37N3O2.2ClH/c1-3-18-14-23(9-8-22(18)10-11-25-4-2)20(24)17-12-15-6-5-7-16(13-17)19(15)21;;/h15-19H,3-14,21H2,1-2H3;2*1H. The zero-order valence-corrected chi connectivity index (χ0v) is 18.6. The molecule has 1 aliphatic heterocycles. The number of hydrogen-bond acceptors (Lipinski definition) is 4. The number of amides is 1. The Labute approximate surface area is 177 Å². The largest absolute Gasteiger partial charge is 0.380 e. The van der Waals surface area contributed by atoms with Gasteiger partial charge in [0, 0.05) is 50.8 Å². The second kappa shape index (κ2) is 11.8. The predicted octanol–water partition coefficient (Wildman–Crippen LogP) is 2.94. The van der Waals surface area contributed by atoms with E-state index >= 15 is 0 Å². The smallest absolute Gasteiger partial charge is 0.225 e. The van der Waals surface area contributed by atoms with E-state index < -0.39 is 0 Å². The summed E-state index contributed by atoms with van der Waals surface area (Å²) >= 11 is 0. The van der Waals surface area contributed by atoms with Crippen LogP contribution in [0.25, 0.3) is 0 Å². The van der Waals surface area contributed by atoms with Gasteiger partial charge in [-0.25, -0.2) is 0 Å². The number of carbonyl (C=O) groups is 1. The number of nitrogens with zero attached hydrogens (tertiary/aromatic N) is 2. The van der Waals surface area contributed by atoms with Crippen molar-refractivity contribution >= 4 is 30.7 Å². The zero-order valence-electron chi connectivity index (χ0n) is 17.0. The second-order valence-electron chi connectivity index (χ2n) is 8.28. The fraction of sp³-hybridized carbons (Fsp3) is 0.950. The minimum absolute atomic E-state index is 0. The first-order valence-corrected chi connectivity index (χ1v) is 10.5. The molecule has 0 aromatic rings. The molecular weight excluding hydrogens is 385 g/mol. The summed E-state index contributed by atoms with van der Waals surface area (Å²) in [6, 6.07) is 0.820. The molecule has 7 heteroatoms. The Bertz CT molecular complexity index is 441. The molecule has 5 nitrogen and oxygen atoms in total. The molecule has 1 saturated heterocycles. The molecule has 0 aromatic heterocycles. The number of ether oxygens (including phenoxy) is 1. The van der Waals surface area contributed by atoms with Gasteiger partial charge in [0.15, 0.2) is 0 Å². The van der Waals surface area contributed by atoms with Crippen molar-refractivity contribution in [3.05, 3.63) is 0 Å². The minimum Gasteiger partial charge on any atom is -0.380 e. The quantitative estimate of drug-likeness (QED) is 0.667. The van der Waals surface area contributed by atoms with E-state index in [2.05, 4.69) is 16.7 Å². The van der Waals surface area contributed by atoms with Crippen molar-refractivity contribution < 1.29 is 9.53 Å². The lowest BCUT2D eigenvalue weighted by Crippen LogP contribution is -2.57. The van der Waals surface area contributed by atoms with Crippen LogP contribution in [0.4, 0.5) is 0 Å². The Kier molecular flexibility index (Phi) is 10.9. The summed E-state index contributed by atoms with van der Waals surface area (Å²) in [4.78, 5) is 17.8. The summed E-state index contributed by atoms with van der Waals surface area (Å²) in [5.41, 5.74) is 6.40. The summed E-state index contributed by atoms with van der Waals surface area (Å²) < 4.78 is 5.52. The Hall–Kier alpha value is -0.0700. The Morgan fingerprint density at radius 2 is 1.78 bits per heavy atom. The Balaban J connectivity index is 0.00000182. The first-order valence-electron chi connectivity index (χ1n) is 10.5. The fourth-order valence-corrected chi connectivity index (χ4v) is 5.35. The van der Waals surface area contributed by atoms with Crippen LogP contribution in [0.5, 0.6) is 0 Å². The lowest BCUT2D eigenvalue weighted by Gasteiger charge is -2.46. The van der Waals surface area contributed by atoms with Gasteiger partial charge >= 0.3 is 0 Å². The number of hydrogen-bond donors (Lipinski definition) is 1. The highest BCUT2D eigenvalue weighted by atomic mass is 35.5. The van der Waals surface area contributed by atoms with E-state index in [0.29, 0.717) is 29.8 Å². The van der Waals surface area contributed by atoms with Crippen molar-refractivity contribution in [2.75, 3.05) is 39.4 Å². The number of nitrogens with two attached hydrogens (primary N) is 1. The lowest BCUT2D eigenvalue weighted by molar-refractivity contribution is -0.142. The van der Waals surface area contributed by atoms with Crippen LogP contribution in [0.3, 0.4) is 0 Å². The predicted molar refractivity (Wildman–Crippen MR) is 115 cm³/mol. The molecule has 1 heterocycles. The van der Waals surface area contributed by atoms with Crippen LogP contribution >= 0.6 is 24.8 Å². The number of halogens is 2. The van der Waals surface area contributed by atoms with Gasteiger partial charge in [0.05, 0.1) is 6.61 Å². The molecule has 3 atom stereocenters.